The molecular weight excluding hydrogens is 364 g/mol. The molecule has 0 saturated carbocycles. The molecule has 0 saturated heterocycles. The molecule has 148 valence electrons. The van der Waals surface area contributed by atoms with Gasteiger partial charge in [0.15, 0.2) is 17.2 Å². The van der Waals surface area contributed by atoms with Crippen molar-refractivity contribution >= 4 is 11.6 Å². The maximum Gasteiger partial charge on any atom is 0.311 e. The molecule has 0 aliphatic carbocycles. The van der Waals surface area contributed by atoms with Gasteiger partial charge in [0.1, 0.15) is 0 Å². The first-order valence-corrected chi connectivity index (χ1v) is 8.79. The number of benzene rings is 2. The Morgan fingerprint density at radius 3 is 2.29 bits per heavy atom. The highest BCUT2D eigenvalue weighted by Crippen LogP contribution is 2.33. The van der Waals surface area contributed by atoms with E-state index in [-0.39, 0.29) is 23.8 Å². The molecule has 8 heteroatoms. The second kappa shape index (κ2) is 8.16. The average molecular weight is 386 g/mol. The van der Waals surface area contributed by atoms with Crippen LogP contribution in [0.5, 0.6) is 17.2 Å². The number of nitro groups is 1. The number of carbonyl (C=O) groups excluding carboxylic acids is 1. The first-order valence-electron chi connectivity index (χ1n) is 8.79. The molecule has 0 atom stereocenters. The maximum absolute atomic E-state index is 12.8. The van der Waals surface area contributed by atoms with Crippen LogP contribution < -0.4 is 14.2 Å². The van der Waals surface area contributed by atoms with E-state index >= 15 is 0 Å². The van der Waals surface area contributed by atoms with Gasteiger partial charge in [-0.15, -0.1) is 0 Å². The second-order valence-electron chi connectivity index (χ2n) is 6.48. The van der Waals surface area contributed by atoms with Gasteiger partial charge in [0, 0.05) is 19.2 Å². The third-order valence-electron chi connectivity index (χ3n) is 4.87. The van der Waals surface area contributed by atoms with E-state index in [1.54, 1.807) is 25.2 Å². The summed E-state index contributed by atoms with van der Waals surface area (Å²) in [5.74, 6) is 1.39. The van der Waals surface area contributed by atoms with Gasteiger partial charge in [-0.1, -0.05) is 6.07 Å². The minimum atomic E-state index is -0.510. The molecule has 2 aromatic rings. The molecule has 0 bridgehead atoms. The van der Waals surface area contributed by atoms with Crippen LogP contribution in [0.2, 0.25) is 0 Å². The lowest BCUT2D eigenvalue weighted by molar-refractivity contribution is -0.385. The smallest absolute Gasteiger partial charge is 0.311 e. The van der Waals surface area contributed by atoms with Crippen molar-refractivity contribution in [2.24, 2.45) is 0 Å². The second-order valence-corrected chi connectivity index (χ2v) is 6.48. The van der Waals surface area contributed by atoms with E-state index in [1.165, 1.54) is 19.2 Å². The Bertz CT molecular complexity index is 912. The van der Waals surface area contributed by atoms with Crippen LogP contribution in [0, 0.1) is 10.1 Å². The summed E-state index contributed by atoms with van der Waals surface area (Å²) in [6, 6.07) is 8.43. The normalized spacial score (nSPS) is 12.9. The van der Waals surface area contributed by atoms with E-state index in [0.717, 1.165) is 11.1 Å². The number of nitro benzene ring substituents is 1. The summed E-state index contributed by atoms with van der Waals surface area (Å²) in [5.41, 5.74) is 2.57. The van der Waals surface area contributed by atoms with E-state index in [2.05, 4.69) is 0 Å². The highest BCUT2D eigenvalue weighted by Gasteiger charge is 2.24. The zero-order chi connectivity index (χ0) is 20.3. The van der Waals surface area contributed by atoms with Gasteiger partial charge in [-0.25, -0.2) is 0 Å². The van der Waals surface area contributed by atoms with Crippen LogP contribution in [0.15, 0.2) is 30.3 Å². The summed E-state index contributed by atoms with van der Waals surface area (Å²) in [4.78, 5) is 25.2. The molecule has 28 heavy (non-hydrogen) atoms. The lowest BCUT2D eigenvalue weighted by atomic mass is 9.98. The van der Waals surface area contributed by atoms with Crippen LogP contribution in [0.1, 0.15) is 16.7 Å². The zero-order valence-corrected chi connectivity index (χ0v) is 16.1. The van der Waals surface area contributed by atoms with Crippen molar-refractivity contribution in [2.75, 3.05) is 27.9 Å². The molecule has 2 aromatic carbocycles. The van der Waals surface area contributed by atoms with Crippen molar-refractivity contribution in [3.05, 3.63) is 57.1 Å². The fourth-order valence-corrected chi connectivity index (χ4v) is 3.37. The highest BCUT2D eigenvalue weighted by atomic mass is 16.6. The van der Waals surface area contributed by atoms with Crippen LogP contribution in [0.3, 0.4) is 0 Å². The van der Waals surface area contributed by atoms with E-state index in [4.69, 9.17) is 14.2 Å². The Morgan fingerprint density at radius 2 is 1.68 bits per heavy atom. The van der Waals surface area contributed by atoms with Crippen molar-refractivity contribution in [2.45, 2.75) is 19.4 Å². The topological polar surface area (TPSA) is 91.1 Å². The molecule has 0 spiro atoms. The van der Waals surface area contributed by atoms with Gasteiger partial charge < -0.3 is 19.1 Å². The Labute approximate surface area is 162 Å². The third kappa shape index (κ3) is 3.85. The molecule has 0 fully saturated rings. The number of hydrogen-bond acceptors (Lipinski definition) is 6. The first-order chi connectivity index (χ1) is 13.5. The number of carbonyl (C=O) groups is 1. The molecule has 0 aromatic heterocycles. The van der Waals surface area contributed by atoms with Crippen molar-refractivity contribution in [3.8, 4) is 17.2 Å². The lowest BCUT2D eigenvalue weighted by Crippen LogP contribution is -2.37. The van der Waals surface area contributed by atoms with Gasteiger partial charge in [-0.3, -0.25) is 14.9 Å². The van der Waals surface area contributed by atoms with Crippen molar-refractivity contribution < 1.29 is 23.9 Å². The molecule has 1 heterocycles. The Kier molecular flexibility index (Phi) is 5.67. The number of amides is 1. The zero-order valence-electron chi connectivity index (χ0n) is 16.1. The van der Waals surface area contributed by atoms with Crippen LogP contribution in [0.4, 0.5) is 5.69 Å². The quantitative estimate of drug-likeness (QED) is 0.560. The molecule has 1 amide bonds. The standard InChI is InChI=1S/C20H22N2O6/c1-26-17-5-4-13(8-16(17)22(24)25)9-20(23)21-7-6-14-10-18(27-2)19(28-3)11-15(14)12-21/h4-5,8,10-11H,6-7,9,12H2,1-3H3. The van der Waals surface area contributed by atoms with E-state index < -0.39 is 4.92 Å². The summed E-state index contributed by atoms with van der Waals surface area (Å²) in [6.07, 6.45) is 0.803. The molecule has 8 nitrogen and oxygen atoms in total. The number of ether oxygens (including phenoxy) is 3. The largest absolute Gasteiger partial charge is 0.493 e. The Hall–Kier alpha value is -3.29. The summed E-state index contributed by atoms with van der Waals surface area (Å²) in [7, 11) is 4.55. The van der Waals surface area contributed by atoms with Gasteiger partial charge in [0.25, 0.3) is 0 Å². The van der Waals surface area contributed by atoms with Crippen molar-refractivity contribution in [1.29, 1.82) is 0 Å². The Morgan fingerprint density at radius 1 is 1.04 bits per heavy atom. The summed E-state index contributed by atoms with van der Waals surface area (Å²) >= 11 is 0. The van der Waals surface area contributed by atoms with E-state index in [0.29, 0.717) is 36.6 Å². The van der Waals surface area contributed by atoms with Crippen LogP contribution in [0.25, 0.3) is 0 Å². The number of rotatable bonds is 6. The SMILES string of the molecule is COc1cc2c(cc1OC)CN(C(=O)Cc1ccc(OC)c([N+](=O)[O-])c1)CC2. The minimum absolute atomic E-state index is 0.0834. The predicted octanol–water partition coefficient (Wildman–Crippen LogP) is 2.75. The van der Waals surface area contributed by atoms with E-state index in [1.807, 2.05) is 12.1 Å². The number of fused-ring (bicyclic) bond motifs is 1. The van der Waals surface area contributed by atoms with Gasteiger partial charge in [-0.05, 0) is 41.3 Å². The van der Waals surface area contributed by atoms with Crippen LogP contribution in [-0.4, -0.2) is 43.6 Å². The van der Waals surface area contributed by atoms with E-state index in [9.17, 15) is 14.9 Å². The third-order valence-corrected chi connectivity index (χ3v) is 4.87. The molecule has 0 unspecified atom stereocenters. The maximum atomic E-state index is 12.8. The van der Waals surface area contributed by atoms with Gasteiger partial charge >= 0.3 is 5.69 Å². The monoisotopic (exact) mass is 386 g/mol. The molecule has 1 aliphatic rings. The highest BCUT2D eigenvalue weighted by molar-refractivity contribution is 5.79. The number of nitrogens with zero attached hydrogens (tertiary/aromatic N) is 2. The van der Waals surface area contributed by atoms with Crippen LogP contribution in [-0.2, 0) is 24.2 Å². The lowest BCUT2D eigenvalue weighted by Gasteiger charge is -2.29. The van der Waals surface area contributed by atoms with Gasteiger partial charge in [0.05, 0.1) is 32.7 Å². The van der Waals surface area contributed by atoms with Crippen LogP contribution >= 0.6 is 0 Å². The fourth-order valence-electron chi connectivity index (χ4n) is 3.37. The van der Waals surface area contributed by atoms with Gasteiger partial charge in [-0.2, -0.15) is 0 Å². The first kappa shape index (κ1) is 19.5. The number of methoxy groups -OCH3 is 3. The summed E-state index contributed by atoms with van der Waals surface area (Å²) < 4.78 is 15.7. The fraction of sp³-hybridized carbons (Fsp3) is 0.350. The average Bonchev–Trinajstić information content (AvgIpc) is 2.71. The summed E-state index contributed by atoms with van der Waals surface area (Å²) in [5, 5.41) is 11.2. The van der Waals surface area contributed by atoms with Gasteiger partial charge in [0.2, 0.25) is 5.91 Å². The minimum Gasteiger partial charge on any atom is -0.493 e. The Balaban J connectivity index is 1.76. The molecule has 3 rings (SSSR count). The summed E-state index contributed by atoms with van der Waals surface area (Å²) in [6.45, 7) is 1.05. The molecule has 0 N–H and O–H groups in total. The van der Waals surface area contributed by atoms with Crippen molar-refractivity contribution in [1.82, 2.24) is 4.90 Å². The molecular formula is C20H22N2O6. The molecule has 1 aliphatic heterocycles. The molecule has 0 radical (unpaired) electrons. The number of hydrogen-bond donors (Lipinski definition) is 0. The van der Waals surface area contributed by atoms with Crippen molar-refractivity contribution in [3.63, 3.8) is 0 Å². The predicted molar refractivity (Wildman–Crippen MR) is 102 cm³/mol.